The third-order valence-electron chi connectivity index (χ3n) is 3.72. The Balaban J connectivity index is 2.24. The number of halogens is 2. The summed E-state index contributed by atoms with van der Waals surface area (Å²) in [7, 11) is 0. The number of aromatic nitrogens is 1. The van der Waals surface area contributed by atoms with Gasteiger partial charge >= 0.3 is 0 Å². The lowest BCUT2D eigenvalue weighted by molar-refractivity contribution is 0.103. The van der Waals surface area contributed by atoms with Gasteiger partial charge in [-0.15, -0.1) is 0 Å². The standard InChI is InChI=1S/C19H10Cl2N2O3/c20-13-5-6-17(24)14(8-13)18(25)12-7-11(9-22)19(26)23(10-12)16-4-2-1-3-15(16)21/h1-8,10,24H. The molecule has 3 rings (SSSR count). The van der Waals surface area contributed by atoms with Gasteiger partial charge in [-0.05, 0) is 36.4 Å². The van der Waals surface area contributed by atoms with Gasteiger partial charge in [0.25, 0.3) is 5.56 Å². The summed E-state index contributed by atoms with van der Waals surface area (Å²) in [6, 6.07) is 13.6. The Morgan fingerprint density at radius 1 is 1.12 bits per heavy atom. The zero-order valence-electron chi connectivity index (χ0n) is 13.1. The highest BCUT2D eigenvalue weighted by Gasteiger charge is 2.18. The Labute approximate surface area is 158 Å². The molecule has 0 bridgehead atoms. The van der Waals surface area contributed by atoms with E-state index in [9.17, 15) is 20.0 Å². The average molecular weight is 385 g/mol. The monoisotopic (exact) mass is 384 g/mol. The maximum atomic E-state index is 12.8. The first kappa shape index (κ1) is 17.7. The fraction of sp³-hybridized carbons (Fsp3) is 0. The van der Waals surface area contributed by atoms with Crippen LogP contribution in [0.2, 0.25) is 10.0 Å². The molecule has 0 aliphatic rings. The molecule has 1 aromatic heterocycles. The number of hydrogen-bond donors (Lipinski definition) is 1. The molecule has 26 heavy (non-hydrogen) atoms. The summed E-state index contributed by atoms with van der Waals surface area (Å²) in [5.74, 6) is -0.837. The van der Waals surface area contributed by atoms with E-state index in [1.54, 1.807) is 30.3 Å². The first-order chi connectivity index (χ1) is 12.4. The first-order valence-electron chi connectivity index (χ1n) is 7.37. The maximum absolute atomic E-state index is 12.8. The highest BCUT2D eigenvalue weighted by Crippen LogP contribution is 2.25. The van der Waals surface area contributed by atoms with Crippen molar-refractivity contribution in [2.45, 2.75) is 0 Å². The molecule has 5 nitrogen and oxygen atoms in total. The number of ketones is 1. The van der Waals surface area contributed by atoms with Crippen LogP contribution in [-0.2, 0) is 0 Å². The van der Waals surface area contributed by atoms with E-state index in [2.05, 4.69) is 0 Å². The van der Waals surface area contributed by atoms with Gasteiger partial charge in [-0.1, -0.05) is 35.3 Å². The van der Waals surface area contributed by atoms with Crippen LogP contribution in [-0.4, -0.2) is 15.5 Å². The minimum Gasteiger partial charge on any atom is -0.507 e. The molecular weight excluding hydrogens is 375 g/mol. The number of aromatic hydroxyl groups is 1. The normalized spacial score (nSPS) is 10.3. The van der Waals surface area contributed by atoms with Crippen molar-refractivity contribution >= 4 is 29.0 Å². The van der Waals surface area contributed by atoms with Gasteiger partial charge < -0.3 is 5.11 Å². The van der Waals surface area contributed by atoms with Crippen LogP contribution in [0.3, 0.4) is 0 Å². The van der Waals surface area contributed by atoms with Crippen molar-refractivity contribution in [3.05, 3.63) is 91.8 Å². The van der Waals surface area contributed by atoms with E-state index < -0.39 is 11.3 Å². The second kappa shape index (κ2) is 7.04. The molecule has 128 valence electrons. The Bertz CT molecular complexity index is 1130. The number of carbonyl (C=O) groups is 1. The quantitative estimate of drug-likeness (QED) is 0.692. The van der Waals surface area contributed by atoms with Gasteiger partial charge in [0.05, 0.1) is 16.3 Å². The van der Waals surface area contributed by atoms with Gasteiger partial charge in [0.1, 0.15) is 17.4 Å². The molecule has 0 radical (unpaired) electrons. The van der Waals surface area contributed by atoms with Crippen LogP contribution in [0.5, 0.6) is 5.75 Å². The highest BCUT2D eigenvalue weighted by molar-refractivity contribution is 6.32. The minimum absolute atomic E-state index is 0.0363. The third-order valence-corrected chi connectivity index (χ3v) is 4.27. The predicted octanol–water partition coefficient (Wildman–Crippen LogP) is 3.95. The third kappa shape index (κ3) is 3.21. The van der Waals surface area contributed by atoms with Crippen molar-refractivity contribution < 1.29 is 9.90 Å². The summed E-state index contributed by atoms with van der Waals surface area (Å²) < 4.78 is 1.13. The van der Waals surface area contributed by atoms with Crippen LogP contribution in [0.4, 0.5) is 0 Å². The Morgan fingerprint density at radius 3 is 2.54 bits per heavy atom. The number of hydrogen-bond acceptors (Lipinski definition) is 4. The number of nitrogens with zero attached hydrogens (tertiary/aromatic N) is 2. The van der Waals surface area contributed by atoms with Crippen molar-refractivity contribution in [3.8, 4) is 17.5 Å². The van der Waals surface area contributed by atoms with Crippen molar-refractivity contribution in [1.82, 2.24) is 4.57 Å². The number of pyridine rings is 1. The summed E-state index contributed by atoms with van der Waals surface area (Å²) in [5.41, 5.74) is -0.491. The molecule has 1 heterocycles. The molecule has 0 unspecified atom stereocenters. The molecule has 3 aromatic rings. The molecule has 0 spiro atoms. The summed E-state index contributed by atoms with van der Waals surface area (Å²) in [6.07, 6.45) is 1.28. The highest BCUT2D eigenvalue weighted by atomic mass is 35.5. The van der Waals surface area contributed by atoms with Crippen LogP contribution in [0.15, 0.2) is 59.5 Å². The molecule has 7 heteroatoms. The Morgan fingerprint density at radius 2 is 1.85 bits per heavy atom. The van der Waals surface area contributed by atoms with Crippen LogP contribution in [0, 0.1) is 11.3 Å². The Hall–Kier alpha value is -3.07. The number of para-hydroxylation sites is 1. The number of benzene rings is 2. The molecule has 0 fully saturated rings. The van der Waals surface area contributed by atoms with Crippen LogP contribution < -0.4 is 5.56 Å². The van der Waals surface area contributed by atoms with Crippen molar-refractivity contribution in [3.63, 3.8) is 0 Å². The fourth-order valence-corrected chi connectivity index (χ4v) is 2.86. The second-order valence-corrected chi connectivity index (χ2v) is 6.22. The number of rotatable bonds is 3. The van der Waals surface area contributed by atoms with E-state index in [0.29, 0.717) is 5.69 Å². The van der Waals surface area contributed by atoms with Crippen LogP contribution in [0.25, 0.3) is 5.69 Å². The summed E-state index contributed by atoms with van der Waals surface area (Å²) in [4.78, 5) is 25.3. The van der Waals surface area contributed by atoms with Crippen molar-refractivity contribution in [2.24, 2.45) is 0 Å². The van der Waals surface area contributed by atoms with E-state index in [1.165, 1.54) is 30.5 Å². The molecule has 0 saturated carbocycles. The average Bonchev–Trinajstić information content (AvgIpc) is 2.64. The molecule has 0 aliphatic heterocycles. The van der Waals surface area contributed by atoms with E-state index >= 15 is 0 Å². The van der Waals surface area contributed by atoms with E-state index in [0.717, 1.165) is 4.57 Å². The smallest absolute Gasteiger partial charge is 0.273 e. The number of nitriles is 1. The zero-order valence-corrected chi connectivity index (χ0v) is 14.6. The van der Waals surface area contributed by atoms with Gasteiger partial charge in [0, 0.05) is 16.8 Å². The van der Waals surface area contributed by atoms with Gasteiger partial charge in [-0.25, -0.2) is 0 Å². The summed E-state index contributed by atoms with van der Waals surface area (Å²) in [6.45, 7) is 0. The second-order valence-electron chi connectivity index (χ2n) is 5.37. The van der Waals surface area contributed by atoms with E-state index in [-0.39, 0.29) is 32.5 Å². The maximum Gasteiger partial charge on any atom is 0.273 e. The summed E-state index contributed by atoms with van der Waals surface area (Å²) in [5, 5.41) is 19.8. The minimum atomic E-state index is -0.604. The molecular formula is C19H10Cl2N2O3. The van der Waals surface area contributed by atoms with Gasteiger partial charge in [0.15, 0.2) is 5.78 Å². The molecule has 1 N–H and O–H groups in total. The predicted molar refractivity (Wildman–Crippen MR) is 98.3 cm³/mol. The molecule has 0 saturated heterocycles. The van der Waals surface area contributed by atoms with Gasteiger partial charge in [0.2, 0.25) is 0 Å². The molecule has 0 amide bonds. The first-order valence-corrected chi connectivity index (χ1v) is 8.13. The molecule has 2 aromatic carbocycles. The van der Waals surface area contributed by atoms with E-state index in [4.69, 9.17) is 23.2 Å². The summed E-state index contributed by atoms with van der Waals surface area (Å²) >= 11 is 12.0. The van der Waals surface area contributed by atoms with Crippen LogP contribution >= 0.6 is 23.2 Å². The van der Waals surface area contributed by atoms with E-state index in [1.807, 2.05) is 0 Å². The lowest BCUT2D eigenvalue weighted by atomic mass is 10.0. The fourth-order valence-electron chi connectivity index (χ4n) is 2.46. The zero-order chi connectivity index (χ0) is 18.8. The largest absolute Gasteiger partial charge is 0.507 e. The van der Waals surface area contributed by atoms with Crippen LogP contribution in [0.1, 0.15) is 21.5 Å². The van der Waals surface area contributed by atoms with Crippen molar-refractivity contribution in [2.75, 3.05) is 0 Å². The lowest BCUT2D eigenvalue weighted by Gasteiger charge is -2.11. The van der Waals surface area contributed by atoms with Crippen molar-refractivity contribution in [1.29, 1.82) is 5.26 Å². The Kier molecular flexibility index (Phi) is 4.81. The topological polar surface area (TPSA) is 83.1 Å². The molecule has 0 aliphatic carbocycles. The number of carbonyl (C=O) groups excluding carboxylic acids is 1. The SMILES string of the molecule is N#Cc1cc(C(=O)c2cc(Cl)ccc2O)cn(-c2ccccc2Cl)c1=O. The van der Waals surface area contributed by atoms with Gasteiger partial charge in [-0.2, -0.15) is 5.26 Å². The van der Waals surface area contributed by atoms with Gasteiger partial charge in [-0.3, -0.25) is 14.2 Å². The lowest BCUT2D eigenvalue weighted by Crippen LogP contribution is -2.23. The number of phenolic OH excluding ortho intramolecular Hbond substituents is 1. The molecule has 0 atom stereocenters. The number of phenols is 1.